The Hall–Kier alpha value is -2.08. The molecule has 27 heavy (non-hydrogen) atoms. The number of amides is 2. The number of piperidine rings is 1. The third-order valence-electron chi connectivity index (χ3n) is 6.11. The van der Waals surface area contributed by atoms with Gasteiger partial charge in [0, 0.05) is 50.5 Å². The maximum atomic E-state index is 12.7. The molecule has 3 fully saturated rings. The fourth-order valence-corrected chi connectivity index (χ4v) is 4.27. The van der Waals surface area contributed by atoms with Crippen molar-refractivity contribution in [2.75, 3.05) is 55.7 Å². The summed E-state index contributed by atoms with van der Waals surface area (Å²) in [6.45, 7) is 7.43. The van der Waals surface area contributed by atoms with Gasteiger partial charge < -0.3 is 19.4 Å². The van der Waals surface area contributed by atoms with E-state index in [4.69, 9.17) is 4.74 Å². The molecular weight excluding hydrogens is 342 g/mol. The predicted octanol–water partition coefficient (Wildman–Crippen LogP) is 2.13. The molecule has 0 aromatic heterocycles. The Balaban J connectivity index is 1.39. The van der Waals surface area contributed by atoms with E-state index in [1.54, 1.807) is 4.90 Å². The van der Waals surface area contributed by atoms with Crippen LogP contribution < -0.4 is 9.80 Å². The van der Waals surface area contributed by atoms with Crippen molar-refractivity contribution in [2.45, 2.75) is 26.2 Å². The van der Waals surface area contributed by atoms with Crippen LogP contribution in [0.3, 0.4) is 0 Å². The van der Waals surface area contributed by atoms with Crippen molar-refractivity contribution in [3.05, 3.63) is 24.3 Å². The summed E-state index contributed by atoms with van der Waals surface area (Å²) in [5.74, 6) is 0.705. The molecule has 146 valence electrons. The Morgan fingerprint density at radius 2 is 1.63 bits per heavy atom. The number of ether oxygens (including phenoxy) is 1. The maximum Gasteiger partial charge on any atom is 0.228 e. The molecule has 1 aromatic carbocycles. The highest BCUT2D eigenvalue weighted by Crippen LogP contribution is 2.29. The van der Waals surface area contributed by atoms with Crippen LogP contribution in [0.5, 0.6) is 0 Å². The smallest absolute Gasteiger partial charge is 0.228 e. The van der Waals surface area contributed by atoms with Crippen molar-refractivity contribution in [2.24, 2.45) is 11.8 Å². The second-order valence-electron chi connectivity index (χ2n) is 8.03. The van der Waals surface area contributed by atoms with E-state index in [1.165, 1.54) is 18.5 Å². The third kappa shape index (κ3) is 3.95. The van der Waals surface area contributed by atoms with Gasteiger partial charge in [-0.3, -0.25) is 9.59 Å². The van der Waals surface area contributed by atoms with Crippen LogP contribution in [0.15, 0.2) is 24.3 Å². The first-order valence-electron chi connectivity index (χ1n) is 10.1. The Morgan fingerprint density at radius 1 is 1.00 bits per heavy atom. The van der Waals surface area contributed by atoms with E-state index in [1.807, 2.05) is 17.0 Å². The number of hydrogen-bond donors (Lipinski definition) is 0. The zero-order valence-electron chi connectivity index (χ0n) is 16.1. The molecule has 0 spiro atoms. The minimum atomic E-state index is -0.237. The second kappa shape index (κ2) is 7.89. The summed E-state index contributed by atoms with van der Waals surface area (Å²) in [5.41, 5.74) is 2.12. The molecule has 6 heteroatoms. The first-order valence-corrected chi connectivity index (χ1v) is 10.1. The Morgan fingerprint density at radius 3 is 2.30 bits per heavy atom. The molecule has 0 radical (unpaired) electrons. The van der Waals surface area contributed by atoms with Crippen molar-refractivity contribution in [3.8, 4) is 0 Å². The molecule has 1 aromatic rings. The summed E-state index contributed by atoms with van der Waals surface area (Å²) in [7, 11) is 0. The molecule has 0 bridgehead atoms. The number of benzene rings is 1. The number of hydrogen-bond acceptors (Lipinski definition) is 4. The van der Waals surface area contributed by atoms with Crippen molar-refractivity contribution in [1.29, 1.82) is 0 Å². The van der Waals surface area contributed by atoms with Gasteiger partial charge in [-0.15, -0.1) is 0 Å². The molecule has 3 heterocycles. The number of rotatable bonds is 3. The summed E-state index contributed by atoms with van der Waals surface area (Å²) in [5, 5.41) is 0. The Labute approximate surface area is 161 Å². The number of carbonyl (C=O) groups is 2. The van der Waals surface area contributed by atoms with Gasteiger partial charge in [-0.05, 0) is 43.0 Å². The Kier molecular flexibility index (Phi) is 5.34. The van der Waals surface area contributed by atoms with Crippen LogP contribution in [-0.2, 0) is 14.3 Å². The molecule has 4 rings (SSSR count). The monoisotopic (exact) mass is 371 g/mol. The van der Waals surface area contributed by atoms with E-state index in [2.05, 4.69) is 24.0 Å². The average molecular weight is 371 g/mol. The first kappa shape index (κ1) is 18.3. The fraction of sp³-hybridized carbons (Fsp3) is 0.619. The van der Waals surface area contributed by atoms with Crippen LogP contribution in [-0.4, -0.2) is 62.7 Å². The highest BCUT2D eigenvalue weighted by atomic mass is 16.5. The van der Waals surface area contributed by atoms with Gasteiger partial charge >= 0.3 is 0 Å². The normalized spacial score (nSPS) is 24.6. The van der Waals surface area contributed by atoms with E-state index >= 15 is 0 Å². The van der Waals surface area contributed by atoms with Gasteiger partial charge in [0.2, 0.25) is 11.8 Å². The van der Waals surface area contributed by atoms with Gasteiger partial charge in [0.05, 0.1) is 19.1 Å². The zero-order valence-corrected chi connectivity index (χ0v) is 16.1. The summed E-state index contributed by atoms with van der Waals surface area (Å²) in [6, 6.07) is 8.26. The molecule has 3 aliphatic heterocycles. The lowest BCUT2D eigenvalue weighted by atomic mass is 9.99. The lowest BCUT2D eigenvalue weighted by Gasteiger charge is -2.32. The SMILES string of the molecule is CC1CCN(c2ccc(N3CC(C(=O)N4CCOCC4)CC3=O)cc2)CC1. The largest absolute Gasteiger partial charge is 0.378 e. The number of morpholine rings is 1. The summed E-state index contributed by atoms with van der Waals surface area (Å²) in [4.78, 5) is 31.2. The summed E-state index contributed by atoms with van der Waals surface area (Å²) >= 11 is 0. The van der Waals surface area contributed by atoms with Gasteiger partial charge in [-0.1, -0.05) is 6.92 Å². The van der Waals surface area contributed by atoms with Crippen molar-refractivity contribution >= 4 is 23.2 Å². The molecular formula is C21H29N3O3. The predicted molar refractivity (Wildman–Crippen MR) is 105 cm³/mol. The van der Waals surface area contributed by atoms with E-state index in [9.17, 15) is 9.59 Å². The van der Waals surface area contributed by atoms with E-state index in [0.29, 0.717) is 39.3 Å². The lowest BCUT2D eigenvalue weighted by Crippen LogP contribution is -2.44. The highest BCUT2D eigenvalue weighted by Gasteiger charge is 2.37. The van der Waals surface area contributed by atoms with E-state index < -0.39 is 0 Å². The number of carbonyl (C=O) groups excluding carboxylic acids is 2. The van der Waals surface area contributed by atoms with Gasteiger partial charge in [0.15, 0.2) is 0 Å². The molecule has 3 aliphatic rings. The minimum absolute atomic E-state index is 0.0427. The van der Waals surface area contributed by atoms with Crippen molar-refractivity contribution < 1.29 is 14.3 Å². The Bertz CT molecular complexity index is 676. The minimum Gasteiger partial charge on any atom is -0.378 e. The average Bonchev–Trinajstić information content (AvgIpc) is 3.10. The van der Waals surface area contributed by atoms with Gasteiger partial charge in [-0.25, -0.2) is 0 Å². The topological polar surface area (TPSA) is 53.1 Å². The van der Waals surface area contributed by atoms with Crippen molar-refractivity contribution in [1.82, 2.24) is 4.90 Å². The molecule has 6 nitrogen and oxygen atoms in total. The molecule has 0 N–H and O–H groups in total. The summed E-state index contributed by atoms with van der Waals surface area (Å²) in [6.07, 6.45) is 2.78. The van der Waals surface area contributed by atoms with Crippen LogP contribution in [0.4, 0.5) is 11.4 Å². The molecule has 0 aliphatic carbocycles. The second-order valence-corrected chi connectivity index (χ2v) is 8.03. The molecule has 0 saturated carbocycles. The van der Waals surface area contributed by atoms with Crippen LogP contribution >= 0.6 is 0 Å². The first-order chi connectivity index (χ1) is 13.1. The van der Waals surface area contributed by atoms with Gasteiger partial charge in [-0.2, -0.15) is 0 Å². The molecule has 1 unspecified atom stereocenters. The van der Waals surface area contributed by atoms with Crippen LogP contribution in [0, 0.1) is 11.8 Å². The van der Waals surface area contributed by atoms with Gasteiger partial charge in [0.25, 0.3) is 0 Å². The summed E-state index contributed by atoms with van der Waals surface area (Å²) < 4.78 is 5.32. The van der Waals surface area contributed by atoms with Crippen LogP contribution in [0.25, 0.3) is 0 Å². The highest BCUT2D eigenvalue weighted by molar-refractivity contribution is 6.00. The number of anilines is 2. The van der Waals surface area contributed by atoms with E-state index in [0.717, 1.165) is 24.7 Å². The van der Waals surface area contributed by atoms with Crippen molar-refractivity contribution in [3.63, 3.8) is 0 Å². The lowest BCUT2D eigenvalue weighted by molar-refractivity contribution is -0.139. The van der Waals surface area contributed by atoms with E-state index in [-0.39, 0.29) is 17.7 Å². The fourth-order valence-electron chi connectivity index (χ4n) is 4.27. The quantitative estimate of drug-likeness (QED) is 0.817. The van der Waals surface area contributed by atoms with Gasteiger partial charge in [0.1, 0.15) is 0 Å². The van der Waals surface area contributed by atoms with Crippen LogP contribution in [0.1, 0.15) is 26.2 Å². The maximum absolute atomic E-state index is 12.7. The molecule has 2 amide bonds. The number of nitrogens with zero attached hydrogens (tertiary/aromatic N) is 3. The standard InChI is InChI=1S/C21H29N3O3/c1-16-6-8-22(9-7-16)18-2-4-19(5-3-18)24-15-17(14-20(24)25)21(26)23-10-12-27-13-11-23/h2-5,16-17H,6-15H2,1H3. The molecule has 1 atom stereocenters. The molecule has 3 saturated heterocycles. The third-order valence-corrected chi connectivity index (χ3v) is 6.11. The zero-order chi connectivity index (χ0) is 18.8. The van der Waals surface area contributed by atoms with Crippen LogP contribution in [0.2, 0.25) is 0 Å².